The number of allylic oxidation sites excluding steroid dienone is 1. The third kappa shape index (κ3) is 2.55. The van der Waals surface area contributed by atoms with Gasteiger partial charge in [0.1, 0.15) is 5.75 Å². The Bertz CT molecular complexity index is 520. The van der Waals surface area contributed by atoms with Gasteiger partial charge in [-0.1, -0.05) is 0 Å². The number of ether oxygens (including phenoxy) is 4. The number of benzene rings is 1. The standard InChI is InChI=1S/C16H22O4/c1-10-6-12(9-20-8-10)13-7-14(17-3)16(19-5)11(2)15(13)18-4/h7-8,12H,6,9H2,1-5H3. The van der Waals surface area contributed by atoms with Crippen LogP contribution in [0.5, 0.6) is 17.2 Å². The first-order valence-corrected chi connectivity index (χ1v) is 6.69. The first-order valence-electron chi connectivity index (χ1n) is 6.69. The molecule has 2 rings (SSSR count). The molecule has 1 unspecified atom stereocenters. The number of hydrogen-bond acceptors (Lipinski definition) is 4. The summed E-state index contributed by atoms with van der Waals surface area (Å²) >= 11 is 0. The van der Waals surface area contributed by atoms with Crippen LogP contribution in [-0.4, -0.2) is 27.9 Å². The SMILES string of the molecule is COc1cc(C2COC=C(C)C2)c(OC)c(C)c1OC. The molecule has 1 aromatic carbocycles. The molecule has 0 aromatic heterocycles. The third-order valence-corrected chi connectivity index (χ3v) is 3.67. The van der Waals surface area contributed by atoms with E-state index >= 15 is 0 Å². The summed E-state index contributed by atoms with van der Waals surface area (Å²) in [4.78, 5) is 0. The Kier molecular flexibility index (Phi) is 4.42. The molecule has 0 saturated carbocycles. The van der Waals surface area contributed by atoms with E-state index in [2.05, 4.69) is 6.92 Å². The van der Waals surface area contributed by atoms with E-state index in [1.54, 1.807) is 21.3 Å². The molecule has 0 bridgehead atoms. The van der Waals surface area contributed by atoms with E-state index in [9.17, 15) is 0 Å². The van der Waals surface area contributed by atoms with Crippen molar-refractivity contribution >= 4 is 0 Å². The van der Waals surface area contributed by atoms with Crippen LogP contribution in [-0.2, 0) is 4.74 Å². The van der Waals surface area contributed by atoms with Gasteiger partial charge in [0.2, 0.25) is 0 Å². The van der Waals surface area contributed by atoms with Gasteiger partial charge in [-0.15, -0.1) is 0 Å². The van der Waals surface area contributed by atoms with Crippen LogP contribution < -0.4 is 14.2 Å². The first-order chi connectivity index (χ1) is 9.62. The number of methoxy groups -OCH3 is 3. The molecular weight excluding hydrogens is 256 g/mol. The smallest absolute Gasteiger partial charge is 0.167 e. The van der Waals surface area contributed by atoms with Crippen molar-refractivity contribution in [3.05, 3.63) is 29.0 Å². The summed E-state index contributed by atoms with van der Waals surface area (Å²) in [6.45, 7) is 4.71. The molecule has 20 heavy (non-hydrogen) atoms. The van der Waals surface area contributed by atoms with Crippen molar-refractivity contribution in [3.63, 3.8) is 0 Å². The fourth-order valence-electron chi connectivity index (χ4n) is 2.76. The minimum Gasteiger partial charge on any atom is -0.501 e. The summed E-state index contributed by atoms with van der Waals surface area (Å²) in [5.74, 6) is 2.57. The summed E-state index contributed by atoms with van der Waals surface area (Å²) in [7, 11) is 4.97. The van der Waals surface area contributed by atoms with Crippen LogP contribution in [0.25, 0.3) is 0 Å². The van der Waals surface area contributed by atoms with Crippen molar-refractivity contribution in [2.24, 2.45) is 0 Å². The van der Waals surface area contributed by atoms with Gasteiger partial charge in [0.15, 0.2) is 11.5 Å². The second-order valence-electron chi connectivity index (χ2n) is 5.06. The maximum atomic E-state index is 5.60. The van der Waals surface area contributed by atoms with Gasteiger partial charge in [0.25, 0.3) is 0 Å². The van der Waals surface area contributed by atoms with Gasteiger partial charge in [-0.3, -0.25) is 0 Å². The molecule has 0 N–H and O–H groups in total. The zero-order valence-corrected chi connectivity index (χ0v) is 12.8. The molecule has 0 fully saturated rings. The molecular formula is C16H22O4. The van der Waals surface area contributed by atoms with Gasteiger partial charge in [0.05, 0.1) is 34.2 Å². The van der Waals surface area contributed by atoms with Crippen LogP contribution in [0.4, 0.5) is 0 Å². The minimum absolute atomic E-state index is 0.272. The van der Waals surface area contributed by atoms with Gasteiger partial charge in [-0.25, -0.2) is 0 Å². The van der Waals surface area contributed by atoms with Gasteiger partial charge < -0.3 is 18.9 Å². The highest BCUT2D eigenvalue weighted by molar-refractivity contribution is 5.58. The topological polar surface area (TPSA) is 36.9 Å². The van der Waals surface area contributed by atoms with Gasteiger partial charge in [0, 0.05) is 17.0 Å². The molecule has 0 saturated heterocycles. The second kappa shape index (κ2) is 6.07. The largest absolute Gasteiger partial charge is 0.501 e. The van der Waals surface area contributed by atoms with Crippen LogP contribution in [0.3, 0.4) is 0 Å². The molecule has 1 heterocycles. The lowest BCUT2D eigenvalue weighted by atomic mass is 9.89. The van der Waals surface area contributed by atoms with Crippen molar-refractivity contribution in [1.29, 1.82) is 0 Å². The summed E-state index contributed by atoms with van der Waals surface area (Å²) in [6.07, 6.45) is 2.79. The van der Waals surface area contributed by atoms with E-state index in [0.717, 1.165) is 34.8 Å². The van der Waals surface area contributed by atoms with Crippen molar-refractivity contribution in [3.8, 4) is 17.2 Å². The molecule has 0 amide bonds. The maximum absolute atomic E-state index is 5.60. The Balaban J connectivity index is 2.51. The molecule has 1 aliphatic rings. The zero-order valence-electron chi connectivity index (χ0n) is 12.8. The predicted octanol–water partition coefficient (Wildman–Crippen LogP) is 3.43. The average molecular weight is 278 g/mol. The Morgan fingerprint density at radius 1 is 1.05 bits per heavy atom. The molecule has 110 valence electrons. The van der Waals surface area contributed by atoms with Crippen molar-refractivity contribution < 1.29 is 18.9 Å². The zero-order chi connectivity index (χ0) is 14.7. The van der Waals surface area contributed by atoms with E-state index in [1.165, 1.54) is 5.57 Å². The second-order valence-corrected chi connectivity index (χ2v) is 5.06. The number of rotatable bonds is 4. The van der Waals surface area contributed by atoms with Crippen LogP contribution in [0.1, 0.15) is 30.4 Å². The van der Waals surface area contributed by atoms with E-state index in [4.69, 9.17) is 18.9 Å². The Morgan fingerprint density at radius 3 is 2.30 bits per heavy atom. The Hall–Kier alpha value is -1.84. The fourth-order valence-corrected chi connectivity index (χ4v) is 2.76. The molecule has 4 heteroatoms. The lowest BCUT2D eigenvalue weighted by Gasteiger charge is -2.26. The molecule has 4 nitrogen and oxygen atoms in total. The monoisotopic (exact) mass is 278 g/mol. The molecule has 0 spiro atoms. The predicted molar refractivity (Wildman–Crippen MR) is 77.9 cm³/mol. The summed E-state index contributed by atoms with van der Waals surface area (Å²) in [5.41, 5.74) is 3.29. The first kappa shape index (κ1) is 14.6. The molecule has 1 aliphatic heterocycles. The van der Waals surface area contributed by atoms with Crippen molar-refractivity contribution in [1.82, 2.24) is 0 Å². The summed E-state index contributed by atoms with van der Waals surface area (Å²) < 4.78 is 22.0. The molecule has 1 aromatic rings. The van der Waals surface area contributed by atoms with Crippen LogP contribution in [0.15, 0.2) is 17.9 Å². The van der Waals surface area contributed by atoms with E-state index in [1.807, 2.05) is 19.3 Å². The van der Waals surface area contributed by atoms with Crippen LogP contribution >= 0.6 is 0 Å². The van der Waals surface area contributed by atoms with Crippen molar-refractivity contribution in [2.75, 3.05) is 27.9 Å². The third-order valence-electron chi connectivity index (χ3n) is 3.67. The van der Waals surface area contributed by atoms with Crippen LogP contribution in [0, 0.1) is 6.92 Å². The maximum Gasteiger partial charge on any atom is 0.167 e. The summed E-state index contributed by atoms with van der Waals surface area (Å²) in [5, 5.41) is 0. The van der Waals surface area contributed by atoms with E-state index < -0.39 is 0 Å². The summed E-state index contributed by atoms with van der Waals surface area (Å²) in [6, 6.07) is 2.00. The highest BCUT2D eigenvalue weighted by Crippen LogP contribution is 2.44. The van der Waals surface area contributed by atoms with E-state index in [0.29, 0.717) is 6.61 Å². The lowest BCUT2D eigenvalue weighted by Crippen LogP contribution is -2.13. The van der Waals surface area contributed by atoms with E-state index in [-0.39, 0.29) is 5.92 Å². The van der Waals surface area contributed by atoms with Gasteiger partial charge >= 0.3 is 0 Å². The lowest BCUT2D eigenvalue weighted by molar-refractivity contribution is 0.201. The van der Waals surface area contributed by atoms with Gasteiger partial charge in [-0.2, -0.15) is 0 Å². The highest BCUT2D eigenvalue weighted by Gasteiger charge is 2.25. The highest BCUT2D eigenvalue weighted by atomic mass is 16.5. The number of hydrogen-bond donors (Lipinski definition) is 0. The molecule has 0 aliphatic carbocycles. The normalized spacial score (nSPS) is 18.1. The Labute approximate surface area is 120 Å². The average Bonchev–Trinajstić information content (AvgIpc) is 2.46. The molecule has 0 radical (unpaired) electrons. The minimum atomic E-state index is 0.272. The fraction of sp³-hybridized carbons (Fsp3) is 0.500. The van der Waals surface area contributed by atoms with Gasteiger partial charge in [-0.05, 0) is 31.9 Å². The Morgan fingerprint density at radius 2 is 1.75 bits per heavy atom. The quantitative estimate of drug-likeness (QED) is 0.845. The van der Waals surface area contributed by atoms with Crippen LogP contribution in [0.2, 0.25) is 0 Å². The molecule has 1 atom stereocenters. The van der Waals surface area contributed by atoms with Crippen molar-refractivity contribution in [2.45, 2.75) is 26.2 Å².